The van der Waals surface area contributed by atoms with Crippen LogP contribution in [0.3, 0.4) is 0 Å². The highest BCUT2D eigenvalue weighted by Crippen LogP contribution is 2.48. The van der Waals surface area contributed by atoms with Crippen molar-refractivity contribution in [3.05, 3.63) is 23.8 Å². The number of methoxy groups -OCH3 is 1. The van der Waals surface area contributed by atoms with E-state index in [1.165, 1.54) is 7.11 Å². The molecular weight excluding hydrogens is 288 g/mol. The van der Waals surface area contributed by atoms with E-state index in [9.17, 15) is 8.42 Å². The molecule has 1 aromatic carbocycles. The van der Waals surface area contributed by atoms with Crippen LogP contribution in [0.25, 0.3) is 0 Å². The Balaban J connectivity index is 2.18. The van der Waals surface area contributed by atoms with Crippen LogP contribution in [0.4, 0.5) is 0 Å². The molecule has 1 fully saturated rings. The molecule has 6 heteroatoms. The van der Waals surface area contributed by atoms with Crippen molar-refractivity contribution in [3.8, 4) is 5.75 Å². The molecule has 0 saturated heterocycles. The standard InChI is InChI=1S/C15H24N2O3S/c1-4-15(7-8-15)11-17-21(18,19)14-6-5-12(10-16-2)9-13(14)20-3/h5-6,9,16-17H,4,7-8,10-11H2,1-3H3. The molecule has 1 aliphatic carbocycles. The van der Waals surface area contributed by atoms with Crippen LogP contribution < -0.4 is 14.8 Å². The van der Waals surface area contributed by atoms with Crippen molar-refractivity contribution in [2.24, 2.45) is 5.41 Å². The monoisotopic (exact) mass is 312 g/mol. The summed E-state index contributed by atoms with van der Waals surface area (Å²) < 4.78 is 32.9. The first-order valence-corrected chi connectivity index (χ1v) is 8.76. The predicted molar refractivity (Wildman–Crippen MR) is 82.9 cm³/mol. The number of hydrogen-bond donors (Lipinski definition) is 2. The summed E-state index contributed by atoms with van der Waals surface area (Å²) in [6, 6.07) is 5.18. The fourth-order valence-electron chi connectivity index (χ4n) is 2.41. The van der Waals surface area contributed by atoms with E-state index in [4.69, 9.17) is 4.74 Å². The second-order valence-electron chi connectivity index (χ2n) is 5.69. The summed E-state index contributed by atoms with van der Waals surface area (Å²) in [5.74, 6) is 0.386. The Hall–Kier alpha value is -1.11. The number of benzene rings is 1. The van der Waals surface area contributed by atoms with Crippen LogP contribution in [0.2, 0.25) is 0 Å². The molecule has 0 spiro atoms. The molecular formula is C15H24N2O3S. The molecule has 0 heterocycles. The van der Waals surface area contributed by atoms with E-state index < -0.39 is 10.0 Å². The summed E-state index contributed by atoms with van der Waals surface area (Å²) in [7, 11) is -0.196. The second kappa shape index (κ2) is 6.34. The topological polar surface area (TPSA) is 67.4 Å². The van der Waals surface area contributed by atoms with Gasteiger partial charge in [-0.2, -0.15) is 0 Å². The highest BCUT2D eigenvalue weighted by molar-refractivity contribution is 7.89. The van der Waals surface area contributed by atoms with Crippen molar-refractivity contribution in [1.29, 1.82) is 0 Å². The number of nitrogens with one attached hydrogen (secondary N) is 2. The summed E-state index contributed by atoms with van der Waals surface area (Å²) in [6.07, 6.45) is 3.21. The first kappa shape index (κ1) is 16.3. The third-order valence-corrected chi connectivity index (χ3v) is 5.68. The number of ether oxygens (including phenoxy) is 1. The Morgan fingerprint density at radius 3 is 2.57 bits per heavy atom. The fraction of sp³-hybridized carbons (Fsp3) is 0.600. The molecule has 0 bridgehead atoms. The summed E-state index contributed by atoms with van der Waals surface area (Å²) >= 11 is 0. The summed E-state index contributed by atoms with van der Waals surface area (Å²) in [5, 5.41) is 3.03. The first-order valence-electron chi connectivity index (χ1n) is 7.27. The van der Waals surface area contributed by atoms with E-state index in [0.29, 0.717) is 18.8 Å². The zero-order valence-corrected chi connectivity index (χ0v) is 13.7. The minimum Gasteiger partial charge on any atom is -0.495 e. The van der Waals surface area contributed by atoms with E-state index in [1.807, 2.05) is 7.05 Å². The predicted octanol–water partition coefficient (Wildman–Crippen LogP) is 1.88. The highest BCUT2D eigenvalue weighted by Gasteiger charge is 2.41. The van der Waals surface area contributed by atoms with Gasteiger partial charge in [-0.25, -0.2) is 13.1 Å². The van der Waals surface area contributed by atoms with Crippen molar-refractivity contribution < 1.29 is 13.2 Å². The third-order valence-electron chi connectivity index (χ3n) is 4.24. The molecule has 0 atom stereocenters. The van der Waals surface area contributed by atoms with Gasteiger partial charge in [0.05, 0.1) is 7.11 Å². The van der Waals surface area contributed by atoms with E-state index in [0.717, 1.165) is 24.8 Å². The Morgan fingerprint density at radius 2 is 2.05 bits per heavy atom. The van der Waals surface area contributed by atoms with Crippen molar-refractivity contribution >= 4 is 10.0 Å². The van der Waals surface area contributed by atoms with Crippen molar-refractivity contribution in [3.63, 3.8) is 0 Å². The van der Waals surface area contributed by atoms with Gasteiger partial charge >= 0.3 is 0 Å². The number of rotatable bonds is 8. The summed E-state index contributed by atoms with van der Waals surface area (Å²) in [5.41, 5.74) is 1.16. The number of sulfonamides is 1. The van der Waals surface area contributed by atoms with Crippen LogP contribution in [0.5, 0.6) is 5.75 Å². The minimum absolute atomic E-state index is 0.173. The quantitative estimate of drug-likeness (QED) is 0.769. The van der Waals surface area contributed by atoms with Gasteiger partial charge in [-0.05, 0) is 49.4 Å². The zero-order valence-electron chi connectivity index (χ0n) is 12.9. The molecule has 0 unspecified atom stereocenters. The lowest BCUT2D eigenvalue weighted by Gasteiger charge is -2.16. The van der Waals surface area contributed by atoms with Crippen LogP contribution in [-0.4, -0.2) is 29.1 Å². The van der Waals surface area contributed by atoms with Gasteiger partial charge in [0.1, 0.15) is 10.6 Å². The lowest BCUT2D eigenvalue weighted by Crippen LogP contribution is -2.30. The molecule has 118 valence electrons. The number of hydrogen-bond acceptors (Lipinski definition) is 4. The van der Waals surface area contributed by atoms with Crippen molar-refractivity contribution in [2.45, 2.75) is 37.6 Å². The normalized spacial score (nSPS) is 16.7. The third kappa shape index (κ3) is 3.75. The lowest BCUT2D eigenvalue weighted by atomic mass is 10.1. The van der Waals surface area contributed by atoms with Crippen LogP contribution in [0.15, 0.2) is 23.1 Å². The Labute approximate surface area is 127 Å². The molecule has 1 aromatic rings. The van der Waals surface area contributed by atoms with E-state index in [2.05, 4.69) is 17.0 Å². The van der Waals surface area contributed by atoms with Crippen molar-refractivity contribution in [2.75, 3.05) is 20.7 Å². The molecule has 0 amide bonds. The molecule has 0 aliphatic heterocycles. The largest absolute Gasteiger partial charge is 0.495 e. The Bertz CT molecular complexity index is 595. The summed E-state index contributed by atoms with van der Waals surface area (Å²) in [6.45, 7) is 3.28. The van der Waals surface area contributed by atoms with E-state index in [-0.39, 0.29) is 10.3 Å². The van der Waals surface area contributed by atoms with Gasteiger partial charge in [-0.3, -0.25) is 0 Å². The molecule has 21 heavy (non-hydrogen) atoms. The average Bonchev–Trinajstić information content (AvgIpc) is 3.26. The molecule has 1 saturated carbocycles. The second-order valence-corrected chi connectivity index (χ2v) is 7.43. The fourth-order valence-corrected chi connectivity index (χ4v) is 3.71. The molecule has 1 aliphatic rings. The molecule has 2 rings (SSSR count). The van der Waals surface area contributed by atoms with E-state index >= 15 is 0 Å². The maximum absolute atomic E-state index is 12.5. The first-order chi connectivity index (χ1) is 9.96. The van der Waals surface area contributed by atoms with Crippen LogP contribution in [0, 0.1) is 5.41 Å². The van der Waals surface area contributed by atoms with Crippen molar-refractivity contribution in [1.82, 2.24) is 10.0 Å². The highest BCUT2D eigenvalue weighted by atomic mass is 32.2. The smallest absolute Gasteiger partial charge is 0.244 e. The zero-order chi connectivity index (χ0) is 15.5. The van der Waals surface area contributed by atoms with Gasteiger partial charge in [-0.1, -0.05) is 13.0 Å². The lowest BCUT2D eigenvalue weighted by molar-refractivity contribution is 0.401. The van der Waals surface area contributed by atoms with Gasteiger partial charge in [0.15, 0.2) is 0 Å². The molecule has 5 nitrogen and oxygen atoms in total. The average molecular weight is 312 g/mol. The minimum atomic E-state index is -3.53. The molecule has 0 radical (unpaired) electrons. The summed E-state index contributed by atoms with van der Waals surface area (Å²) in [4.78, 5) is 0.205. The van der Waals surface area contributed by atoms with Crippen LogP contribution >= 0.6 is 0 Å². The van der Waals surface area contributed by atoms with Gasteiger partial charge in [-0.15, -0.1) is 0 Å². The maximum atomic E-state index is 12.5. The molecule has 2 N–H and O–H groups in total. The van der Waals surface area contributed by atoms with Crippen LogP contribution in [0.1, 0.15) is 31.7 Å². The molecule has 0 aromatic heterocycles. The van der Waals surface area contributed by atoms with E-state index in [1.54, 1.807) is 18.2 Å². The van der Waals surface area contributed by atoms with Gasteiger partial charge in [0.25, 0.3) is 0 Å². The van der Waals surface area contributed by atoms with Gasteiger partial charge < -0.3 is 10.1 Å². The Morgan fingerprint density at radius 1 is 1.33 bits per heavy atom. The SMILES string of the molecule is CCC1(CNS(=O)(=O)c2ccc(CNC)cc2OC)CC1. The van der Waals surface area contributed by atoms with Gasteiger partial charge in [0.2, 0.25) is 10.0 Å². The maximum Gasteiger partial charge on any atom is 0.244 e. The van der Waals surface area contributed by atoms with Gasteiger partial charge in [0, 0.05) is 13.1 Å². The van der Waals surface area contributed by atoms with Crippen LogP contribution in [-0.2, 0) is 16.6 Å². The Kier molecular flexibility index (Phi) is 4.91.